The van der Waals surface area contributed by atoms with Gasteiger partial charge in [0.1, 0.15) is 0 Å². The van der Waals surface area contributed by atoms with Crippen LogP contribution >= 0.6 is 0 Å². The lowest BCUT2D eigenvalue weighted by atomic mass is 10.1. The minimum absolute atomic E-state index is 0.153. The van der Waals surface area contributed by atoms with Gasteiger partial charge in [-0.3, -0.25) is 9.20 Å². The number of hydrogen-bond acceptors (Lipinski definition) is 8. The first-order valence-electron chi connectivity index (χ1n) is 8.85. The van der Waals surface area contributed by atoms with Crippen molar-refractivity contribution in [2.75, 3.05) is 14.2 Å². The van der Waals surface area contributed by atoms with Crippen LogP contribution in [0.15, 0.2) is 50.8 Å². The molecule has 0 fully saturated rings. The van der Waals surface area contributed by atoms with Crippen LogP contribution in [0.4, 0.5) is 0 Å². The SMILES string of the molecule is COc1ncc(C=NNC(=O)c2ccc3c(=O)oc4ccc(C)n4c3c2)c(OC)n1. The lowest BCUT2D eigenvalue weighted by Crippen LogP contribution is -2.18. The second kappa shape index (κ2) is 7.66. The maximum Gasteiger partial charge on any atom is 0.346 e. The van der Waals surface area contributed by atoms with Gasteiger partial charge in [0, 0.05) is 23.5 Å². The van der Waals surface area contributed by atoms with E-state index in [9.17, 15) is 9.59 Å². The van der Waals surface area contributed by atoms with Gasteiger partial charge in [-0.05, 0) is 31.2 Å². The van der Waals surface area contributed by atoms with Crippen LogP contribution in [0.1, 0.15) is 21.6 Å². The fraction of sp³-hybridized carbons (Fsp3) is 0.150. The molecule has 1 amide bonds. The summed E-state index contributed by atoms with van der Waals surface area (Å²) in [4.78, 5) is 32.8. The Morgan fingerprint density at radius 1 is 1.23 bits per heavy atom. The van der Waals surface area contributed by atoms with Crippen LogP contribution < -0.4 is 20.5 Å². The Morgan fingerprint density at radius 3 is 2.83 bits per heavy atom. The number of nitrogens with zero attached hydrogens (tertiary/aromatic N) is 4. The van der Waals surface area contributed by atoms with E-state index in [0.717, 1.165) is 5.69 Å². The highest BCUT2D eigenvalue weighted by atomic mass is 16.5. The van der Waals surface area contributed by atoms with Gasteiger partial charge in [0.25, 0.3) is 5.91 Å². The summed E-state index contributed by atoms with van der Waals surface area (Å²) in [7, 11) is 2.90. The third kappa shape index (κ3) is 3.34. The largest absolute Gasteiger partial charge is 0.480 e. The normalized spacial score (nSPS) is 11.3. The van der Waals surface area contributed by atoms with Crippen molar-refractivity contribution < 1.29 is 18.7 Å². The second-order valence-corrected chi connectivity index (χ2v) is 6.29. The molecule has 152 valence electrons. The molecule has 0 aliphatic carbocycles. The molecule has 0 saturated carbocycles. The molecule has 3 aromatic heterocycles. The molecule has 0 spiro atoms. The van der Waals surface area contributed by atoms with E-state index in [2.05, 4.69) is 20.5 Å². The quantitative estimate of drug-likeness (QED) is 0.396. The summed E-state index contributed by atoms with van der Waals surface area (Å²) >= 11 is 0. The summed E-state index contributed by atoms with van der Waals surface area (Å²) in [6, 6.07) is 8.40. The summed E-state index contributed by atoms with van der Waals surface area (Å²) in [6.45, 7) is 1.88. The van der Waals surface area contributed by atoms with Crippen LogP contribution in [0, 0.1) is 6.92 Å². The van der Waals surface area contributed by atoms with E-state index in [1.807, 2.05) is 13.0 Å². The average Bonchev–Trinajstić information content (AvgIpc) is 3.14. The fourth-order valence-corrected chi connectivity index (χ4v) is 3.02. The van der Waals surface area contributed by atoms with Crippen LogP contribution in [-0.2, 0) is 0 Å². The highest BCUT2D eigenvalue weighted by molar-refractivity contribution is 5.98. The van der Waals surface area contributed by atoms with Gasteiger partial charge in [-0.25, -0.2) is 15.2 Å². The Balaban J connectivity index is 1.62. The van der Waals surface area contributed by atoms with Crippen molar-refractivity contribution in [3.63, 3.8) is 0 Å². The van der Waals surface area contributed by atoms with E-state index in [-0.39, 0.29) is 11.9 Å². The third-order valence-electron chi connectivity index (χ3n) is 4.46. The Kier molecular flexibility index (Phi) is 4.88. The highest BCUT2D eigenvalue weighted by Crippen LogP contribution is 2.19. The predicted octanol–water partition coefficient (Wildman–Crippen LogP) is 1.93. The van der Waals surface area contributed by atoms with Gasteiger partial charge < -0.3 is 13.9 Å². The van der Waals surface area contributed by atoms with Crippen molar-refractivity contribution in [1.82, 2.24) is 19.8 Å². The molecule has 1 N–H and O–H groups in total. The number of ether oxygens (including phenoxy) is 2. The van der Waals surface area contributed by atoms with E-state index < -0.39 is 11.5 Å². The first-order valence-corrected chi connectivity index (χ1v) is 8.85. The maximum atomic E-state index is 12.6. The van der Waals surface area contributed by atoms with E-state index >= 15 is 0 Å². The number of hydrazone groups is 1. The minimum Gasteiger partial charge on any atom is -0.480 e. The molecule has 3 heterocycles. The van der Waals surface area contributed by atoms with Gasteiger partial charge >= 0.3 is 11.6 Å². The number of hydrogen-bond donors (Lipinski definition) is 1. The number of amides is 1. The van der Waals surface area contributed by atoms with Crippen LogP contribution in [0.5, 0.6) is 11.9 Å². The van der Waals surface area contributed by atoms with Crippen LogP contribution in [0.2, 0.25) is 0 Å². The lowest BCUT2D eigenvalue weighted by molar-refractivity contribution is 0.0955. The number of rotatable bonds is 5. The molecule has 4 rings (SSSR count). The van der Waals surface area contributed by atoms with Crippen molar-refractivity contribution in [3.8, 4) is 11.9 Å². The van der Waals surface area contributed by atoms with E-state index in [1.165, 1.54) is 32.7 Å². The van der Waals surface area contributed by atoms with Crippen molar-refractivity contribution in [1.29, 1.82) is 0 Å². The number of benzene rings is 1. The standard InChI is InChI=1S/C20H17N5O5/c1-11-4-7-16-25(11)15-8-12(5-6-14(15)19(27)30-16)17(26)24-22-10-13-9-21-20(29-3)23-18(13)28-2/h4-10H,1-3H3,(H,24,26). The van der Waals surface area contributed by atoms with Gasteiger partial charge in [-0.1, -0.05) is 0 Å². The van der Waals surface area contributed by atoms with E-state index in [0.29, 0.717) is 27.7 Å². The van der Waals surface area contributed by atoms with Gasteiger partial charge in [0.2, 0.25) is 11.6 Å². The zero-order valence-corrected chi connectivity index (χ0v) is 16.4. The van der Waals surface area contributed by atoms with Gasteiger partial charge in [0.05, 0.1) is 36.9 Å². The van der Waals surface area contributed by atoms with Gasteiger partial charge in [-0.15, -0.1) is 0 Å². The number of methoxy groups -OCH3 is 2. The lowest BCUT2D eigenvalue weighted by Gasteiger charge is -2.06. The maximum absolute atomic E-state index is 12.6. The van der Waals surface area contributed by atoms with Gasteiger partial charge in [0.15, 0.2) is 0 Å². The molecule has 0 unspecified atom stereocenters. The predicted molar refractivity (Wildman–Crippen MR) is 108 cm³/mol. The molecule has 0 atom stereocenters. The fourth-order valence-electron chi connectivity index (χ4n) is 3.02. The van der Waals surface area contributed by atoms with Crippen molar-refractivity contribution in [3.05, 3.63) is 63.8 Å². The smallest absolute Gasteiger partial charge is 0.346 e. The summed E-state index contributed by atoms with van der Waals surface area (Å²) in [5.74, 6) is -0.199. The molecule has 10 nitrogen and oxygen atoms in total. The summed E-state index contributed by atoms with van der Waals surface area (Å²) < 4.78 is 17.2. The van der Waals surface area contributed by atoms with Crippen LogP contribution in [0.25, 0.3) is 16.6 Å². The zero-order chi connectivity index (χ0) is 21.3. The second-order valence-electron chi connectivity index (χ2n) is 6.29. The first-order chi connectivity index (χ1) is 14.5. The summed E-state index contributed by atoms with van der Waals surface area (Å²) in [5, 5.41) is 4.31. The number of carbonyl (C=O) groups is 1. The first kappa shape index (κ1) is 19.1. The molecule has 0 bridgehead atoms. The number of fused-ring (bicyclic) bond motifs is 3. The Bertz CT molecular complexity index is 1360. The van der Waals surface area contributed by atoms with Gasteiger partial charge in [-0.2, -0.15) is 10.1 Å². The molecular formula is C20H17N5O5. The van der Waals surface area contributed by atoms with Crippen molar-refractivity contribution >= 4 is 28.7 Å². The topological polar surface area (TPSA) is 120 Å². The number of aromatic nitrogens is 3. The molecule has 30 heavy (non-hydrogen) atoms. The minimum atomic E-state index is -0.466. The molecule has 0 aliphatic heterocycles. The number of aryl methyl sites for hydroxylation is 1. The zero-order valence-electron chi connectivity index (χ0n) is 16.4. The Hall–Kier alpha value is -4.21. The molecular weight excluding hydrogens is 390 g/mol. The summed E-state index contributed by atoms with van der Waals surface area (Å²) in [6.07, 6.45) is 2.82. The monoisotopic (exact) mass is 407 g/mol. The van der Waals surface area contributed by atoms with Crippen molar-refractivity contribution in [2.45, 2.75) is 6.92 Å². The van der Waals surface area contributed by atoms with E-state index in [4.69, 9.17) is 13.9 Å². The molecule has 0 radical (unpaired) electrons. The summed E-state index contributed by atoms with van der Waals surface area (Å²) in [5.41, 5.74) is 4.62. The molecule has 1 aromatic carbocycles. The van der Waals surface area contributed by atoms with Crippen molar-refractivity contribution in [2.24, 2.45) is 5.10 Å². The molecule has 0 saturated heterocycles. The Labute approximate surface area is 169 Å². The number of nitrogens with one attached hydrogen (secondary N) is 1. The number of carbonyl (C=O) groups excluding carboxylic acids is 1. The average molecular weight is 407 g/mol. The molecule has 0 aliphatic rings. The van der Waals surface area contributed by atoms with E-state index in [1.54, 1.807) is 22.6 Å². The van der Waals surface area contributed by atoms with Crippen LogP contribution in [-0.4, -0.2) is 40.7 Å². The highest BCUT2D eigenvalue weighted by Gasteiger charge is 2.13. The third-order valence-corrected chi connectivity index (χ3v) is 4.46. The molecule has 10 heteroatoms. The Morgan fingerprint density at radius 2 is 2.07 bits per heavy atom. The molecule has 4 aromatic rings. The van der Waals surface area contributed by atoms with Crippen LogP contribution in [0.3, 0.4) is 0 Å².